The summed E-state index contributed by atoms with van der Waals surface area (Å²) in [7, 11) is 1.56. The molecule has 1 atom stereocenters. The molecule has 0 unspecified atom stereocenters. The van der Waals surface area contributed by atoms with Crippen molar-refractivity contribution in [3.8, 4) is 5.75 Å². The number of aryl methyl sites for hydroxylation is 1. The summed E-state index contributed by atoms with van der Waals surface area (Å²) in [6.07, 6.45) is -0.990. The van der Waals surface area contributed by atoms with Gasteiger partial charge in [0.2, 0.25) is 0 Å². The first-order chi connectivity index (χ1) is 12.8. The van der Waals surface area contributed by atoms with E-state index in [4.69, 9.17) is 9.47 Å². The maximum absolute atomic E-state index is 12.4. The molecule has 2 aromatic rings. The molecule has 7 heteroatoms. The summed E-state index contributed by atoms with van der Waals surface area (Å²) >= 11 is 0. The van der Waals surface area contributed by atoms with Crippen molar-refractivity contribution in [2.24, 2.45) is 0 Å². The number of aromatic nitrogens is 1. The molecule has 7 nitrogen and oxygen atoms in total. The second-order valence-electron chi connectivity index (χ2n) is 6.26. The SMILES string of the molecule is COc1ccccc1CNC(=O)[C@H](C)OC(=O)c1[nH]c(C)c(C(C)=O)c1C. The number of benzene rings is 1. The van der Waals surface area contributed by atoms with Gasteiger partial charge in [-0.2, -0.15) is 0 Å². The highest BCUT2D eigenvalue weighted by atomic mass is 16.5. The molecule has 27 heavy (non-hydrogen) atoms. The number of aromatic amines is 1. The third-order valence-corrected chi connectivity index (χ3v) is 4.29. The molecule has 0 radical (unpaired) electrons. The number of methoxy groups -OCH3 is 1. The number of hydrogen-bond acceptors (Lipinski definition) is 5. The number of carbonyl (C=O) groups is 3. The number of ether oxygens (including phenoxy) is 2. The number of para-hydroxylation sites is 1. The molecule has 0 aliphatic rings. The Morgan fingerprint density at radius 3 is 2.44 bits per heavy atom. The molecule has 0 fully saturated rings. The Kier molecular flexibility index (Phi) is 6.39. The van der Waals surface area contributed by atoms with Crippen LogP contribution in [0.2, 0.25) is 0 Å². The number of nitrogens with one attached hydrogen (secondary N) is 2. The lowest BCUT2D eigenvalue weighted by molar-refractivity contribution is -0.129. The normalized spacial score (nSPS) is 11.6. The molecule has 1 aromatic carbocycles. The van der Waals surface area contributed by atoms with E-state index >= 15 is 0 Å². The van der Waals surface area contributed by atoms with Crippen LogP contribution < -0.4 is 10.1 Å². The molecular formula is C20H24N2O5. The zero-order valence-corrected chi connectivity index (χ0v) is 16.1. The molecule has 0 saturated carbocycles. The van der Waals surface area contributed by atoms with Gasteiger partial charge in [0.25, 0.3) is 5.91 Å². The van der Waals surface area contributed by atoms with Crippen molar-refractivity contribution in [2.45, 2.75) is 40.3 Å². The number of rotatable bonds is 7. The van der Waals surface area contributed by atoms with Gasteiger partial charge in [-0.1, -0.05) is 18.2 Å². The average molecular weight is 372 g/mol. The number of hydrogen-bond donors (Lipinski definition) is 2. The minimum atomic E-state index is -0.990. The van der Waals surface area contributed by atoms with E-state index in [9.17, 15) is 14.4 Å². The smallest absolute Gasteiger partial charge is 0.355 e. The minimum Gasteiger partial charge on any atom is -0.496 e. The van der Waals surface area contributed by atoms with Crippen LogP contribution in [-0.2, 0) is 16.1 Å². The predicted octanol–water partition coefficient (Wildman–Crippen LogP) is 2.70. The summed E-state index contributed by atoms with van der Waals surface area (Å²) in [4.78, 5) is 39.2. The number of Topliss-reactive ketones (excluding diaryl/α,β-unsaturated/α-hetero) is 1. The number of amides is 1. The van der Waals surface area contributed by atoms with E-state index in [0.717, 1.165) is 5.56 Å². The van der Waals surface area contributed by atoms with Crippen LogP contribution in [0.15, 0.2) is 24.3 Å². The lowest BCUT2D eigenvalue weighted by Crippen LogP contribution is -2.35. The minimum absolute atomic E-state index is 0.136. The molecule has 1 heterocycles. The standard InChI is InChI=1S/C20H24N2O5/c1-11-17(13(3)23)12(2)22-18(11)20(25)27-14(4)19(24)21-10-15-8-6-7-9-16(15)26-5/h6-9,14,22H,10H2,1-5H3,(H,21,24)/t14-/m0/s1. The number of esters is 1. The van der Waals surface area contributed by atoms with Crippen LogP contribution in [0.3, 0.4) is 0 Å². The van der Waals surface area contributed by atoms with E-state index in [1.807, 2.05) is 18.2 Å². The third kappa shape index (κ3) is 4.55. The van der Waals surface area contributed by atoms with Crippen molar-refractivity contribution in [1.82, 2.24) is 10.3 Å². The van der Waals surface area contributed by atoms with Gasteiger partial charge in [0.05, 0.1) is 7.11 Å². The Morgan fingerprint density at radius 1 is 1.19 bits per heavy atom. The zero-order chi connectivity index (χ0) is 20.1. The van der Waals surface area contributed by atoms with Gasteiger partial charge < -0.3 is 19.8 Å². The number of ketones is 1. The van der Waals surface area contributed by atoms with E-state index in [-0.39, 0.29) is 18.0 Å². The molecule has 0 aliphatic heterocycles. The van der Waals surface area contributed by atoms with E-state index in [1.54, 1.807) is 27.0 Å². The van der Waals surface area contributed by atoms with Gasteiger partial charge >= 0.3 is 5.97 Å². The Bertz CT molecular complexity index is 869. The summed E-state index contributed by atoms with van der Waals surface area (Å²) in [6, 6.07) is 7.32. The molecule has 0 spiro atoms. The molecule has 144 valence electrons. The van der Waals surface area contributed by atoms with Crippen molar-refractivity contribution in [3.63, 3.8) is 0 Å². The van der Waals surface area contributed by atoms with E-state index in [2.05, 4.69) is 10.3 Å². The largest absolute Gasteiger partial charge is 0.496 e. The van der Waals surface area contributed by atoms with E-state index < -0.39 is 18.0 Å². The van der Waals surface area contributed by atoms with Gasteiger partial charge in [-0.05, 0) is 39.3 Å². The Labute approximate surface area is 158 Å². The molecule has 2 N–H and O–H groups in total. The first-order valence-electron chi connectivity index (χ1n) is 8.57. The van der Waals surface area contributed by atoms with Crippen LogP contribution in [0.25, 0.3) is 0 Å². The van der Waals surface area contributed by atoms with Gasteiger partial charge in [-0.25, -0.2) is 4.79 Å². The number of H-pyrrole nitrogens is 1. The highest BCUT2D eigenvalue weighted by Crippen LogP contribution is 2.20. The van der Waals surface area contributed by atoms with Gasteiger partial charge in [0.1, 0.15) is 11.4 Å². The summed E-state index contributed by atoms with van der Waals surface area (Å²) in [6.45, 7) is 6.56. The van der Waals surface area contributed by atoms with Crippen molar-refractivity contribution in [2.75, 3.05) is 7.11 Å². The second kappa shape index (κ2) is 8.53. The van der Waals surface area contributed by atoms with Crippen LogP contribution in [0, 0.1) is 13.8 Å². The first-order valence-corrected chi connectivity index (χ1v) is 8.57. The van der Waals surface area contributed by atoms with Crippen LogP contribution in [-0.4, -0.2) is 35.9 Å². The Balaban J connectivity index is 2.01. The van der Waals surface area contributed by atoms with Crippen LogP contribution in [0.4, 0.5) is 0 Å². The summed E-state index contributed by atoms with van der Waals surface area (Å²) in [5.74, 6) is -0.579. The Morgan fingerprint density at radius 2 is 1.85 bits per heavy atom. The zero-order valence-electron chi connectivity index (χ0n) is 16.1. The van der Waals surface area contributed by atoms with E-state index in [1.165, 1.54) is 13.8 Å². The molecular weight excluding hydrogens is 348 g/mol. The van der Waals surface area contributed by atoms with Crippen molar-refractivity contribution < 1.29 is 23.9 Å². The molecule has 0 bridgehead atoms. The maximum atomic E-state index is 12.4. The van der Waals surface area contributed by atoms with Crippen LogP contribution >= 0.6 is 0 Å². The van der Waals surface area contributed by atoms with Crippen molar-refractivity contribution >= 4 is 17.7 Å². The molecule has 0 aliphatic carbocycles. The summed E-state index contributed by atoms with van der Waals surface area (Å²) in [5.41, 5.74) is 2.58. The van der Waals surface area contributed by atoms with Gasteiger partial charge in [0, 0.05) is 23.4 Å². The second-order valence-corrected chi connectivity index (χ2v) is 6.26. The lowest BCUT2D eigenvalue weighted by atomic mass is 10.1. The quantitative estimate of drug-likeness (QED) is 0.575. The Hall–Kier alpha value is -3.09. The molecule has 2 rings (SSSR count). The maximum Gasteiger partial charge on any atom is 0.355 e. The van der Waals surface area contributed by atoms with Crippen molar-refractivity contribution in [3.05, 3.63) is 52.3 Å². The summed E-state index contributed by atoms with van der Waals surface area (Å²) in [5, 5.41) is 2.72. The number of carbonyl (C=O) groups excluding carboxylic acids is 3. The summed E-state index contributed by atoms with van der Waals surface area (Å²) < 4.78 is 10.5. The van der Waals surface area contributed by atoms with Gasteiger partial charge in [-0.3, -0.25) is 9.59 Å². The monoisotopic (exact) mass is 372 g/mol. The topological polar surface area (TPSA) is 97.5 Å². The van der Waals surface area contributed by atoms with E-state index in [0.29, 0.717) is 22.6 Å². The molecule has 0 saturated heterocycles. The van der Waals surface area contributed by atoms with Gasteiger partial charge in [-0.15, -0.1) is 0 Å². The van der Waals surface area contributed by atoms with Crippen LogP contribution in [0.1, 0.15) is 51.5 Å². The molecule has 1 aromatic heterocycles. The first kappa shape index (κ1) is 20.2. The fraction of sp³-hybridized carbons (Fsp3) is 0.350. The highest BCUT2D eigenvalue weighted by molar-refractivity contribution is 6.01. The third-order valence-electron chi connectivity index (χ3n) is 4.29. The van der Waals surface area contributed by atoms with Crippen LogP contribution in [0.5, 0.6) is 5.75 Å². The highest BCUT2D eigenvalue weighted by Gasteiger charge is 2.24. The fourth-order valence-corrected chi connectivity index (χ4v) is 2.93. The van der Waals surface area contributed by atoms with Crippen molar-refractivity contribution in [1.29, 1.82) is 0 Å². The predicted molar refractivity (Wildman–Crippen MR) is 100.0 cm³/mol. The average Bonchev–Trinajstić information content (AvgIpc) is 2.94. The molecule has 1 amide bonds. The van der Waals surface area contributed by atoms with Gasteiger partial charge in [0.15, 0.2) is 11.9 Å². The fourth-order valence-electron chi connectivity index (χ4n) is 2.93. The lowest BCUT2D eigenvalue weighted by Gasteiger charge is -2.14.